The molecule has 2 aromatic rings. The maximum atomic E-state index is 14.1. The third-order valence-corrected chi connectivity index (χ3v) is 4.29. The van der Waals surface area contributed by atoms with Gasteiger partial charge in [0.2, 0.25) is 0 Å². The first kappa shape index (κ1) is 11.6. The first-order chi connectivity index (χ1) is 8.41. The van der Waals surface area contributed by atoms with E-state index < -0.39 is 11.8 Å². The van der Waals surface area contributed by atoms with Crippen LogP contribution >= 0.6 is 0 Å². The molecule has 0 heterocycles. The first-order valence-corrected chi connectivity index (χ1v) is 6.32. The highest BCUT2D eigenvalue weighted by molar-refractivity contribution is 5.88. The van der Waals surface area contributed by atoms with Crippen LogP contribution in [0.2, 0.25) is 0 Å². The molecule has 0 spiro atoms. The van der Waals surface area contributed by atoms with Gasteiger partial charge in [-0.3, -0.25) is 0 Å². The highest BCUT2D eigenvalue weighted by Crippen LogP contribution is 2.47. The van der Waals surface area contributed by atoms with Crippen LogP contribution in [0.4, 0.5) is 8.78 Å². The second-order valence-corrected chi connectivity index (χ2v) is 5.47. The Hall–Kier alpha value is -1.44. The molecule has 2 aromatic carbocycles. The van der Waals surface area contributed by atoms with Crippen molar-refractivity contribution in [2.75, 3.05) is 0 Å². The molecule has 1 atom stereocenters. The van der Waals surface area contributed by atoms with Crippen molar-refractivity contribution < 1.29 is 8.78 Å². The summed E-state index contributed by atoms with van der Waals surface area (Å²) in [5, 5.41) is 2.03. The lowest BCUT2D eigenvalue weighted by Gasteiger charge is -2.16. The maximum absolute atomic E-state index is 14.1. The van der Waals surface area contributed by atoms with Crippen molar-refractivity contribution in [2.24, 2.45) is 5.92 Å². The third-order valence-electron chi connectivity index (χ3n) is 4.29. The molecule has 0 aliphatic heterocycles. The number of alkyl halides is 2. The molecule has 3 rings (SSSR count). The Morgan fingerprint density at radius 1 is 1.17 bits per heavy atom. The van der Waals surface area contributed by atoms with Gasteiger partial charge in [-0.2, -0.15) is 0 Å². The van der Waals surface area contributed by atoms with Crippen molar-refractivity contribution in [2.45, 2.75) is 33.1 Å². The Labute approximate surface area is 106 Å². The fourth-order valence-corrected chi connectivity index (χ4v) is 2.88. The molecule has 0 aromatic heterocycles. The highest BCUT2D eigenvalue weighted by atomic mass is 19.3. The normalized spacial score (nSPS) is 21.3. The zero-order chi connectivity index (χ0) is 13.1. The van der Waals surface area contributed by atoms with E-state index in [4.69, 9.17) is 0 Å². The molecule has 1 aliphatic carbocycles. The summed E-state index contributed by atoms with van der Waals surface area (Å²) in [5.41, 5.74) is 3.29. The van der Waals surface area contributed by atoms with Crippen LogP contribution in [-0.4, -0.2) is 0 Å². The van der Waals surface area contributed by atoms with Crippen LogP contribution in [0.1, 0.15) is 29.2 Å². The molecule has 0 amide bonds. The van der Waals surface area contributed by atoms with Gasteiger partial charge in [0.05, 0.1) is 0 Å². The molecule has 0 saturated carbocycles. The standard InChI is InChI=1S/C16H16F2/c1-9-4-5-12-7-13-6-10(2)16(17,18)15(13)8-14(12)11(9)3/h4-5,7-8,10H,6H2,1-3H3. The number of hydrogen-bond donors (Lipinski definition) is 0. The van der Waals surface area contributed by atoms with Gasteiger partial charge in [0, 0.05) is 11.5 Å². The van der Waals surface area contributed by atoms with Crippen molar-refractivity contribution in [3.63, 3.8) is 0 Å². The summed E-state index contributed by atoms with van der Waals surface area (Å²) in [6.45, 7) is 5.64. The molecule has 18 heavy (non-hydrogen) atoms. The largest absolute Gasteiger partial charge is 0.276 e. The molecular weight excluding hydrogens is 230 g/mol. The van der Waals surface area contributed by atoms with E-state index in [0.717, 1.165) is 27.5 Å². The number of rotatable bonds is 0. The van der Waals surface area contributed by atoms with Crippen LogP contribution in [0.15, 0.2) is 24.3 Å². The van der Waals surface area contributed by atoms with Crippen LogP contribution < -0.4 is 0 Å². The van der Waals surface area contributed by atoms with E-state index in [1.807, 2.05) is 26.0 Å². The molecule has 2 heteroatoms. The summed E-state index contributed by atoms with van der Waals surface area (Å²) in [6.07, 6.45) is 0.477. The monoisotopic (exact) mass is 246 g/mol. The fourth-order valence-electron chi connectivity index (χ4n) is 2.88. The molecule has 1 unspecified atom stereocenters. The summed E-state index contributed by atoms with van der Waals surface area (Å²) in [7, 11) is 0. The summed E-state index contributed by atoms with van der Waals surface area (Å²) in [4.78, 5) is 0. The predicted molar refractivity (Wildman–Crippen MR) is 70.2 cm³/mol. The van der Waals surface area contributed by atoms with Crippen LogP contribution in [0, 0.1) is 19.8 Å². The Morgan fingerprint density at radius 2 is 1.89 bits per heavy atom. The summed E-state index contributed by atoms with van der Waals surface area (Å²) < 4.78 is 28.2. The molecule has 0 bridgehead atoms. The second-order valence-electron chi connectivity index (χ2n) is 5.47. The average molecular weight is 246 g/mol. The Kier molecular flexibility index (Phi) is 2.28. The van der Waals surface area contributed by atoms with Gasteiger partial charge in [-0.05, 0) is 53.8 Å². The molecule has 0 nitrogen and oxygen atoms in total. The quantitative estimate of drug-likeness (QED) is 0.629. The van der Waals surface area contributed by atoms with Gasteiger partial charge in [0.25, 0.3) is 5.92 Å². The summed E-state index contributed by atoms with van der Waals surface area (Å²) >= 11 is 0. The van der Waals surface area contributed by atoms with Gasteiger partial charge in [-0.25, -0.2) is 8.78 Å². The van der Waals surface area contributed by atoms with Crippen LogP contribution in [0.3, 0.4) is 0 Å². The third kappa shape index (κ3) is 1.41. The van der Waals surface area contributed by atoms with Gasteiger partial charge < -0.3 is 0 Å². The average Bonchev–Trinajstić information content (AvgIpc) is 2.54. The first-order valence-electron chi connectivity index (χ1n) is 6.32. The summed E-state index contributed by atoms with van der Waals surface area (Å²) in [5.74, 6) is -3.27. The van der Waals surface area contributed by atoms with Gasteiger partial charge in [0.1, 0.15) is 0 Å². The van der Waals surface area contributed by atoms with E-state index in [1.165, 1.54) is 0 Å². The van der Waals surface area contributed by atoms with Crippen molar-refractivity contribution in [1.82, 2.24) is 0 Å². The van der Waals surface area contributed by atoms with E-state index in [-0.39, 0.29) is 5.56 Å². The Balaban J connectivity index is 2.35. The van der Waals surface area contributed by atoms with Gasteiger partial charge >= 0.3 is 0 Å². The Morgan fingerprint density at radius 3 is 2.61 bits per heavy atom. The lowest BCUT2D eigenvalue weighted by atomic mass is 9.96. The topological polar surface area (TPSA) is 0 Å². The highest BCUT2D eigenvalue weighted by Gasteiger charge is 2.45. The number of hydrogen-bond acceptors (Lipinski definition) is 0. The minimum absolute atomic E-state index is 0.233. The Bertz CT molecular complexity index is 641. The molecular formula is C16H16F2. The lowest BCUT2D eigenvalue weighted by Crippen LogP contribution is -2.17. The predicted octanol–water partition coefficient (Wildman–Crippen LogP) is 4.74. The molecule has 0 fully saturated rings. The zero-order valence-corrected chi connectivity index (χ0v) is 10.8. The lowest BCUT2D eigenvalue weighted by molar-refractivity contribution is -0.0450. The minimum atomic E-state index is -2.68. The van der Waals surface area contributed by atoms with Gasteiger partial charge in [0.15, 0.2) is 0 Å². The van der Waals surface area contributed by atoms with Crippen LogP contribution in [-0.2, 0) is 12.3 Å². The SMILES string of the molecule is Cc1ccc2cc3c(cc2c1C)C(F)(F)C(C)C3. The van der Waals surface area contributed by atoms with Crippen molar-refractivity contribution in [1.29, 1.82) is 0 Å². The molecule has 0 N–H and O–H groups in total. The molecule has 0 radical (unpaired) electrons. The number of aryl methyl sites for hydroxylation is 2. The minimum Gasteiger partial charge on any atom is -0.201 e. The van der Waals surface area contributed by atoms with Gasteiger partial charge in [-0.1, -0.05) is 25.1 Å². The number of fused-ring (bicyclic) bond motifs is 2. The number of benzene rings is 2. The van der Waals surface area contributed by atoms with Crippen molar-refractivity contribution in [3.8, 4) is 0 Å². The molecule has 1 aliphatic rings. The van der Waals surface area contributed by atoms with E-state index in [9.17, 15) is 8.78 Å². The second kappa shape index (κ2) is 3.53. The maximum Gasteiger partial charge on any atom is 0.276 e. The summed E-state index contributed by atoms with van der Waals surface area (Å²) in [6, 6.07) is 7.73. The van der Waals surface area contributed by atoms with E-state index in [0.29, 0.717) is 6.42 Å². The fraction of sp³-hybridized carbons (Fsp3) is 0.375. The van der Waals surface area contributed by atoms with Crippen molar-refractivity contribution in [3.05, 3.63) is 46.5 Å². The van der Waals surface area contributed by atoms with E-state index in [1.54, 1.807) is 13.0 Å². The molecule has 0 saturated heterocycles. The molecule has 94 valence electrons. The van der Waals surface area contributed by atoms with Gasteiger partial charge in [-0.15, -0.1) is 0 Å². The number of halogens is 2. The van der Waals surface area contributed by atoms with Crippen LogP contribution in [0.5, 0.6) is 0 Å². The zero-order valence-electron chi connectivity index (χ0n) is 10.8. The smallest absolute Gasteiger partial charge is 0.201 e. The van der Waals surface area contributed by atoms with Crippen LogP contribution in [0.25, 0.3) is 10.8 Å². The van der Waals surface area contributed by atoms with Crippen molar-refractivity contribution >= 4 is 10.8 Å². The van der Waals surface area contributed by atoms with E-state index in [2.05, 4.69) is 6.07 Å². The van der Waals surface area contributed by atoms with E-state index >= 15 is 0 Å².